The normalized spacial score (nSPS) is 11.9. The van der Waals surface area contributed by atoms with Gasteiger partial charge in [0, 0.05) is 12.0 Å². The van der Waals surface area contributed by atoms with Crippen LogP contribution in [0.2, 0.25) is 0 Å². The van der Waals surface area contributed by atoms with Crippen molar-refractivity contribution in [3.8, 4) is 0 Å². The van der Waals surface area contributed by atoms with Crippen molar-refractivity contribution in [2.75, 3.05) is 6.61 Å². The molecule has 0 rings (SSSR count). The zero-order chi connectivity index (χ0) is 10.4. The fourth-order valence-electron chi connectivity index (χ4n) is 0.590. The van der Waals surface area contributed by atoms with E-state index in [4.69, 9.17) is 5.11 Å². The molecule has 0 amide bonds. The maximum absolute atomic E-state index is 10.8. The van der Waals surface area contributed by atoms with E-state index in [0.29, 0.717) is 5.57 Å². The molecule has 0 aliphatic rings. The van der Waals surface area contributed by atoms with Crippen LogP contribution in [0.4, 0.5) is 0 Å². The first-order valence-electron chi connectivity index (χ1n) is 3.96. The molecule has 0 aliphatic carbocycles. The van der Waals surface area contributed by atoms with Crippen LogP contribution in [0.15, 0.2) is 12.2 Å². The smallest absolute Gasteiger partial charge is 0.333 e. The van der Waals surface area contributed by atoms with Crippen LogP contribution in [-0.4, -0.2) is 29.6 Å². The molecule has 0 fully saturated rings. The molecular weight excluding hydrogens is 172 g/mol. The molecule has 0 aromatic carbocycles. The predicted octanol–water partition coefficient (Wildman–Crippen LogP) is 0.446. The van der Waals surface area contributed by atoms with Crippen LogP contribution in [0, 0.1) is 0 Å². The molecule has 0 aromatic rings. The Bertz CT molecular complexity index is 220. The molecule has 0 radical (unpaired) electrons. The van der Waals surface area contributed by atoms with Crippen molar-refractivity contribution in [3.63, 3.8) is 0 Å². The Morgan fingerprint density at radius 1 is 1.46 bits per heavy atom. The minimum absolute atomic E-state index is 0.0342. The highest BCUT2D eigenvalue weighted by Gasteiger charge is 2.10. The van der Waals surface area contributed by atoms with E-state index >= 15 is 0 Å². The fraction of sp³-hybridized carbons (Fsp3) is 0.556. The van der Waals surface area contributed by atoms with Crippen LogP contribution in [0.5, 0.6) is 0 Å². The maximum Gasteiger partial charge on any atom is 0.333 e. The number of ketones is 1. The molecule has 0 aromatic heterocycles. The van der Waals surface area contributed by atoms with E-state index in [-0.39, 0.29) is 18.8 Å². The number of ether oxygens (including phenoxy) is 1. The third kappa shape index (κ3) is 5.14. The second-order valence-corrected chi connectivity index (χ2v) is 2.83. The van der Waals surface area contributed by atoms with Crippen LogP contribution >= 0.6 is 0 Å². The van der Waals surface area contributed by atoms with Gasteiger partial charge in [0.15, 0.2) is 5.78 Å². The van der Waals surface area contributed by atoms with E-state index in [1.807, 2.05) is 0 Å². The van der Waals surface area contributed by atoms with Gasteiger partial charge in [-0.05, 0) is 13.8 Å². The largest absolute Gasteiger partial charge is 0.462 e. The van der Waals surface area contributed by atoms with E-state index < -0.39 is 12.1 Å². The Balaban J connectivity index is 3.62. The van der Waals surface area contributed by atoms with Gasteiger partial charge in [-0.1, -0.05) is 6.58 Å². The van der Waals surface area contributed by atoms with Crippen molar-refractivity contribution in [1.29, 1.82) is 0 Å². The number of rotatable bonds is 5. The number of hydrogen-bond acceptors (Lipinski definition) is 4. The number of Topliss-reactive ketones (excluding diaryl/α,β-unsaturated/α-hetero) is 1. The molecule has 0 bridgehead atoms. The SMILES string of the molecule is C=C(C)C(=O)OCCC(O)C(C)=O. The molecule has 4 heteroatoms. The minimum atomic E-state index is -1.04. The molecule has 0 heterocycles. The summed E-state index contributed by atoms with van der Waals surface area (Å²) < 4.78 is 4.67. The topological polar surface area (TPSA) is 63.6 Å². The second-order valence-electron chi connectivity index (χ2n) is 2.83. The molecular formula is C9H14O4. The summed E-state index contributed by atoms with van der Waals surface area (Å²) in [6.45, 7) is 6.23. The molecule has 74 valence electrons. The predicted molar refractivity (Wildman–Crippen MR) is 47.1 cm³/mol. The molecule has 0 aliphatic heterocycles. The number of esters is 1. The highest BCUT2D eigenvalue weighted by molar-refractivity contribution is 5.87. The van der Waals surface area contributed by atoms with Crippen molar-refractivity contribution in [1.82, 2.24) is 0 Å². The quantitative estimate of drug-likeness (QED) is 0.500. The minimum Gasteiger partial charge on any atom is -0.462 e. The monoisotopic (exact) mass is 186 g/mol. The molecule has 1 atom stereocenters. The molecule has 0 saturated carbocycles. The number of aliphatic hydroxyl groups excluding tert-OH is 1. The first-order valence-corrected chi connectivity index (χ1v) is 3.96. The summed E-state index contributed by atoms with van der Waals surface area (Å²) in [7, 11) is 0. The average molecular weight is 186 g/mol. The highest BCUT2D eigenvalue weighted by Crippen LogP contribution is 1.97. The van der Waals surface area contributed by atoms with Gasteiger partial charge in [0.25, 0.3) is 0 Å². The van der Waals surface area contributed by atoms with Gasteiger partial charge in [-0.25, -0.2) is 4.79 Å². The van der Waals surface area contributed by atoms with E-state index in [0.717, 1.165) is 0 Å². The fourth-order valence-corrected chi connectivity index (χ4v) is 0.590. The van der Waals surface area contributed by atoms with Crippen molar-refractivity contribution < 1.29 is 19.4 Å². The van der Waals surface area contributed by atoms with Crippen molar-refractivity contribution in [2.24, 2.45) is 0 Å². The summed E-state index contributed by atoms with van der Waals surface area (Å²) in [5.74, 6) is -0.831. The van der Waals surface area contributed by atoms with Gasteiger partial charge < -0.3 is 9.84 Å². The van der Waals surface area contributed by atoms with E-state index in [2.05, 4.69) is 11.3 Å². The molecule has 0 spiro atoms. The Morgan fingerprint density at radius 3 is 2.38 bits per heavy atom. The summed E-state index contributed by atoms with van der Waals surface area (Å²) in [6.07, 6.45) is -0.910. The Hall–Kier alpha value is -1.16. The lowest BCUT2D eigenvalue weighted by Crippen LogP contribution is -2.20. The van der Waals surface area contributed by atoms with Crippen molar-refractivity contribution >= 4 is 11.8 Å². The summed E-state index contributed by atoms with van der Waals surface area (Å²) in [4.78, 5) is 21.4. The van der Waals surface area contributed by atoms with Gasteiger partial charge in [-0.2, -0.15) is 0 Å². The summed E-state index contributed by atoms with van der Waals surface area (Å²) in [5, 5.41) is 9.01. The van der Waals surface area contributed by atoms with Gasteiger partial charge in [-0.15, -0.1) is 0 Å². The Kier molecular flexibility index (Phi) is 4.99. The molecule has 0 saturated heterocycles. The molecule has 13 heavy (non-hydrogen) atoms. The second kappa shape index (κ2) is 5.48. The van der Waals surface area contributed by atoms with Crippen LogP contribution < -0.4 is 0 Å². The van der Waals surface area contributed by atoms with Gasteiger partial charge in [0.05, 0.1) is 6.61 Å². The van der Waals surface area contributed by atoms with Gasteiger partial charge >= 0.3 is 5.97 Å². The maximum atomic E-state index is 10.8. The lowest BCUT2D eigenvalue weighted by Gasteiger charge is -2.07. The third-order valence-electron chi connectivity index (χ3n) is 1.44. The van der Waals surface area contributed by atoms with Gasteiger partial charge in [-0.3, -0.25) is 4.79 Å². The van der Waals surface area contributed by atoms with E-state index in [1.165, 1.54) is 13.8 Å². The number of carbonyl (C=O) groups is 2. The first-order chi connectivity index (χ1) is 5.95. The zero-order valence-corrected chi connectivity index (χ0v) is 7.87. The van der Waals surface area contributed by atoms with Crippen LogP contribution in [0.25, 0.3) is 0 Å². The summed E-state index contributed by atoms with van der Waals surface area (Å²) in [6, 6.07) is 0. The average Bonchev–Trinajstić information content (AvgIpc) is 2.03. The van der Waals surface area contributed by atoms with E-state index in [9.17, 15) is 9.59 Å². The lowest BCUT2D eigenvalue weighted by atomic mass is 10.2. The van der Waals surface area contributed by atoms with Crippen LogP contribution in [0.3, 0.4) is 0 Å². The standard InChI is InChI=1S/C9H14O4/c1-6(2)9(12)13-5-4-8(11)7(3)10/h8,11H,1,4-5H2,2-3H3. The van der Waals surface area contributed by atoms with E-state index in [1.54, 1.807) is 0 Å². The first kappa shape index (κ1) is 11.8. The Labute approximate surface area is 77.2 Å². The Morgan fingerprint density at radius 2 is 2.00 bits per heavy atom. The molecule has 4 nitrogen and oxygen atoms in total. The van der Waals surface area contributed by atoms with Gasteiger partial charge in [0.2, 0.25) is 0 Å². The number of carbonyl (C=O) groups excluding carboxylic acids is 2. The molecule has 1 unspecified atom stereocenters. The van der Waals surface area contributed by atoms with Crippen LogP contribution in [-0.2, 0) is 14.3 Å². The van der Waals surface area contributed by atoms with Crippen molar-refractivity contribution in [3.05, 3.63) is 12.2 Å². The van der Waals surface area contributed by atoms with Crippen molar-refractivity contribution in [2.45, 2.75) is 26.4 Å². The summed E-state index contributed by atoms with van der Waals surface area (Å²) >= 11 is 0. The molecule has 1 N–H and O–H groups in total. The zero-order valence-electron chi connectivity index (χ0n) is 7.87. The number of hydrogen-bond donors (Lipinski definition) is 1. The van der Waals surface area contributed by atoms with Gasteiger partial charge in [0.1, 0.15) is 6.10 Å². The number of aliphatic hydroxyl groups is 1. The third-order valence-corrected chi connectivity index (χ3v) is 1.44. The van der Waals surface area contributed by atoms with Crippen LogP contribution in [0.1, 0.15) is 20.3 Å². The highest BCUT2D eigenvalue weighted by atomic mass is 16.5. The summed E-state index contributed by atoms with van der Waals surface area (Å²) in [5.41, 5.74) is 0.303. The lowest BCUT2D eigenvalue weighted by molar-refractivity contribution is -0.140.